The molecule has 1 atom stereocenters. The third kappa shape index (κ3) is 2.93. The molecule has 0 N–H and O–H groups in total. The molecule has 1 saturated heterocycles. The van der Waals surface area contributed by atoms with Gasteiger partial charge < -0.3 is 0 Å². The quantitative estimate of drug-likeness (QED) is 0.848. The first kappa shape index (κ1) is 15.9. The summed E-state index contributed by atoms with van der Waals surface area (Å²) >= 11 is 7.03. The highest BCUT2D eigenvalue weighted by molar-refractivity contribution is 7.91. The first-order valence-electron chi connectivity index (χ1n) is 6.68. The van der Waals surface area contributed by atoms with Gasteiger partial charge >= 0.3 is 0 Å². The van der Waals surface area contributed by atoms with Crippen molar-refractivity contribution in [3.05, 3.63) is 16.0 Å². The van der Waals surface area contributed by atoms with Crippen LogP contribution in [0.25, 0.3) is 0 Å². The van der Waals surface area contributed by atoms with Gasteiger partial charge in [-0.1, -0.05) is 24.9 Å². The van der Waals surface area contributed by atoms with Gasteiger partial charge in [-0.2, -0.15) is 4.31 Å². The molecular weight excluding hydrogens is 318 g/mol. The van der Waals surface area contributed by atoms with Crippen molar-refractivity contribution >= 4 is 38.7 Å². The Hall–Kier alpha value is -0.430. The maximum Gasteiger partial charge on any atom is 0.253 e. The summed E-state index contributed by atoms with van der Waals surface area (Å²) in [4.78, 5) is 12.0. The van der Waals surface area contributed by atoms with Crippen LogP contribution in [-0.4, -0.2) is 31.1 Å². The Balaban J connectivity index is 2.37. The third-order valence-corrected chi connectivity index (χ3v) is 7.48. The molecule has 2 rings (SSSR count). The summed E-state index contributed by atoms with van der Waals surface area (Å²) in [5.41, 5.74) is 0.755. The van der Waals surface area contributed by atoms with E-state index in [1.54, 1.807) is 19.9 Å². The molecule has 0 spiro atoms. The minimum atomic E-state index is -3.62. The van der Waals surface area contributed by atoms with Crippen LogP contribution < -0.4 is 0 Å². The van der Waals surface area contributed by atoms with E-state index >= 15 is 0 Å². The molecule has 4 nitrogen and oxygen atoms in total. The Bertz CT molecular complexity index is 590. The number of nitrogens with zero attached hydrogens (tertiary/aromatic N) is 1. The normalized spacial score (nSPS) is 21.1. The smallest absolute Gasteiger partial charge is 0.253 e. The first-order chi connectivity index (χ1) is 9.37. The number of Topliss-reactive ketones (excluding diaryl/α,β-unsaturated/α-hetero) is 1. The summed E-state index contributed by atoms with van der Waals surface area (Å²) in [6.07, 6.45) is 2.67. The Morgan fingerprint density at radius 2 is 2.20 bits per heavy atom. The van der Waals surface area contributed by atoms with Crippen LogP contribution >= 0.6 is 22.9 Å². The summed E-state index contributed by atoms with van der Waals surface area (Å²) in [5.74, 6) is -0.00681. The Kier molecular flexibility index (Phi) is 4.89. The molecular formula is C13H18ClNO3S2. The zero-order chi connectivity index (χ0) is 14.9. The largest absolute Gasteiger partial charge is 0.298 e. The lowest BCUT2D eigenvalue weighted by molar-refractivity contribution is -0.123. The predicted molar refractivity (Wildman–Crippen MR) is 80.9 cm³/mol. The van der Waals surface area contributed by atoms with Crippen LogP contribution in [0.2, 0.25) is 4.34 Å². The van der Waals surface area contributed by atoms with Crippen LogP contribution in [0.3, 0.4) is 0 Å². The van der Waals surface area contributed by atoms with Gasteiger partial charge in [0.15, 0.2) is 5.78 Å². The Morgan fingerprint density at radius 1 is 1.50 bits per heavy atom. The molecule has 1 aromatic rings. The average Bonchev–Trinajstić information content (AvgIpc) is 2.78. The molecule has 0 bridgehead atoms. The van der Waals surface area contributed by atoms with Crippen LogP contribution in [-0.2, 0) is 14.8 Å². The van der Waals surface area contributed by atoms with E-state index < -0.39 is 16.1 Å². The van der Waals surface area contributed by atoms with Crippen molar-refractivity contribution < 1.29 is 13.2 Å². The van der Waals surface area contributed by atoms with E-state index in [1.165, 1.54) is 4.31 Å². The predicted octanol–water partition coefficient (Wildman–Crippen LogP) is 3.23. The number of sulfonamides is 1. The van der Waals surface area contributed by atoms with Gasteiger partial charge in [-0.15, -0.1) is 11.3 Å². The second-order valence-corrected chi connectivity index (χ2v) is 8.74. The summed E-state index contributed by atoms with van der Waals surface area (Å²) in [6.45, 7) is 3.96. The van der Waals surface area contributed by atoms with Gasteiger partial charge in [0.25, 0.3) is 10.0 Å². The van der Waals surface area contributed by atoms with Crippen LogP contribution in [0.4, 0.5) is 0 Å². The minimum absolute atomic E-state index is 0.00681. The third-order valence-electron chi connectivity index (χ3n) is 3.57. The maximum absolute atomic E-state index is 12.7. The second-order valence-electron chi connectivity index (χ2n) is 4.97. The van der Waals surface area contributed by atoms with Gasteiger partial charge in [-0.3, -0.25) is 4.79 Å². The molecule has 20 heavy (non-hydrogen) atoms. The standard InChI is InChI=1S/C13H18ClNO3S2/c1-3-11(16)10-6-4-5-7-15(10)20(17,18)12-8-9(2)13(14)19-12/h8,10H,3-7H2,1-2H3. The molecule has 7 heteroatoms. The SMILES string of the molecule is CCC(=O)C1CCCCN1S(=O)(=O)c1cc(C)c(Cl)s1. The van der Waals surface area contributed by atoms with Crippen LogP contribution in [0.1, 0.15) is 38.2 Å². The molecule has 0 saturated carbocycles. The number of carbonyl (C=O) groups excluding carboxylic acids is 1. The van der Waals surface area contributed by atoms with E-state index in [0.29, 0.717) is 23.7 Å². The van der Waals surface area contributed by atoms with Gasteiger partial charge in [-0.25, -0.2) is 8.42 Å². The van der Waals surface area contributed by atoms with E-state index in [1.807, 2.05) is 0 Å². The highest BCUT2D eigenvalue weighted by Crippen LogP contribution is 2.34. The van der Waals surface area contributed by atoms with Crippen molar-refractivity contribution in [3.63, 3.8) is 0 Å². The summed E-state index contributed by atoms with van der Waals surface area (Å²) in [5, 5.41) is 0. The zero-order valence-electron chi connectivity index (χ0n) is 11.6. The molecule has 0 radical (unpaired) electrons. The number of hydrogen-bond acceptors (Lipinski definition) is 4. The number of ketones is 1. The number of halogens is 1. The Morgan fingerprint density at radius 3 is 2.75 bits per heavy atom. The number of rotatable bonds is 4. The monoisotopic (exact) mass is 335 g/mol. The lowest BCUT2D eigenvalue weighted by Gasteiger charge is -2.33. The lowest BCUT2D eigenvalue weighted by atomic mass is 10.00. The van der Waals surface area contributed by atoms with E-state index in [2.05, 4.69) is 0 Å². The van der Waals surface area contributed by atoms with E-state index in [4.69, 9.17) is 11.6 Å². The number of hydrogen-bond donors (Lipinski definition) is 0. The summed E-state index contributed by atoms with van der Waals surface area (Å²) in [6, 6.07) is 1.07. The van der Waals surface area contributed by atoms with E-state index in [0.717, 1.165) is 29.7 Å². The molecule has 1 aliphatic rings. The highest BCUT2D eigenvalue weighted by atomic mass is 35.5. The topological polar surface area (TPSA) is 54.5 Å². The van der Waals surface area contributed by atoms with Gasteiger partial charge in [-0.05, 0) is 31.4 Å². The Labute approximate surface area is 128 Å². The number of aryl methyl sites for hydroxylation is 1. The average molecular weight is 336 g/mol. The summed E-state index contributed by atoms with van der Waals surface area (Å²) < 4.78 is 27.5. The number of thiophene rings is 1. The fourth-order valence-electron chi connectivity index (χ4n) is 2.42. The zero-order valence-corrected chi connectivity index (χ0v) is 13.9. The van der Waals surface area contributed by atoms with Crippen LogP contribution in [0, 0.1) is 6.92 Å². The first-order valence-corrected chi connectivity index (χ1v) is 9.32. The molecule has 1 unspecified atom stereocenters. The maximum atomic E-state index is 12.7. The second kappa shape index (κ2) is 6.13. The van der Waals surface area contributed by atoms with Crippen molar-refractivity contribution in [2.75, 3.05) is 6.54 Å². The molecule has 1 aliphatic heterocycles. The molecule has 0 aliphatic carbocycles. The van der Waals surface area contributed by atoms with Crippen LogP contribution in [0.15, 0.2) is 10.3 Å². The van der Waals surface area contributed by atoms with Gasteiger partial charge in [0.2, 0.25) is 0 Å². The van der Waals surface area contributed by atoms with E-state index in [-0.39, 0.29) is 9.99 Å². The highest BCUT2D eigenvalue weighted by Gasteiger charge is 2.37. The van der Waals surface area contributed by atoms with Gasteiger partial charge in [0.05, 0.1) is 10.4 Å². The molecule has 2 heterocycles. The van der Waals surface area contributed by atoms with Crippen molar-refractivity contribution in [3.8, 4) is 0 Å². The molecule has 112 valence electrons. The van der Waals surface area contributed by atoms with Crippen molar-refractivity contribution in [1.82, 2.24) is 4.31 Å². The lowest BCUT2D eigenvalue weighted by Crippen LogP contribution is -2.47. The molecule has 0 aromatic carbocycles. The van der Waals surface area contributed by atoms with Crippen molar-refractivity contribution in [1.29, 1.82) is 0 Å². The van der Waals surface area contributed by atoms with Crippen molar-refractivity contribution in [2.24, 2.45) is 0 Å². The fourth-order valence-corrected chi connectivity index (χ4v) is 5.94. The molecule has 1 aromatic heterocycles. The molecule has 1 fully saturated rings. The number of carbonyl (C=O) groups is 1. The fraction of sp³-hybridized carbons (Fsp3) is 0.615. The van der Waals surface area contributed by atoms with Crippen molar-refractivity contribution in [2.45, 2.75) is 49.8 Å². The summed E-state index contributed by atoms with van der Waals surface area (Å²) in [7, 11) is -3.62. The van der Waals surface area contributed by atoms with Gasteiger partial charge in [0.1, 0.15) is 4.21 Å². The molecule has 0 amide bonds. The van der Waals surface area contributed by atoms with Crippen LogP contribution in [0.5, 0.6) is 0 Å². The minimum Gasteiger partial charge on any atom is -0.298 e. The van der Waals surface area contributed by atoms with Gasteiger partial charge in [0, 0.05) is 13.0 Å². The van der Waals surface area contributed by atoms with E-state index in [9.17, 15) is 13.2 Å². The number of piperidine rings is 1.